The van der Waals surface area contributed by atoms with Crippen LogP contribution in [0.25, 0.3) is 0 Å². The fourth-order valence-electron chi connectivity index (χ4n) is 3.57. The van der Waals surface area contributed by atoms with Gasteiger partial charge in [-0.3, -0.25) is 0 Å². The highest BCUT2D eigenvalue weighted by Gasteiger charge is 2.23. The quantitative estimate of drug-likeness (QED) is 0.832. The molecule has 1 aromatic heterocycles. The Kier molecular flexibility index (Phi) is 5.33. The first-order valence-electron chi connectivity index (χ1n) is 9.42. The molecule has 3 N–H and O–H groups in total. The summed E-state index contributed by atoms with van der Waals surface area (Å²) in [6.07, 6.45) is 2.60. The van der Waals surface area contributed by atoms with Crippen LogP contribution in [0.15, 0.2) is 30.5 Å². The average molecular weight is 388 g/mol. The van der Waals surface area contributed by atoms with Crippen LogP contribution in [0.1, 0.15) is 6.42 Å². The van der Waals surface area contributed by atoms with Crippen LogP contribution in [0.4, 0.5) is 23.1 Å². The third-order valence-electron chi connectivity index (χ3n) is 5.24. The zero-order valence-electron chi connectivity index (χ0n) is 15.6. The van der Waals surface area contributed by atoms with Crippen molar-refractivity contribution in [3.8, 4) is 0 Å². The predicted molar refractivity (Wildman–Crippen MR) is 111 cm³/mol. The lowest BCUT2D eigenvalue weighted by Crippen LogP contribution is -2.44. The molecule has 2 aliphatic heterocycles. The van der Waals surface area contributed by atoms with Gasteiger partial charge in [0.2, 0.25) is 5.95 Å². The van der Waals surface area contributed by atoms with Gasteiger partial charge in [-0.1, -0.05) is 11.6 Å². The number of halogens is 1. The summed E-state index contributed by atoms with van der Waals surface area (Å²) in [5.74, 6) is 1.29. The number of nitrogens with two attached hydrogens (primary N) is 1. The van der Waals surface area contributed by atoms with Crippen LogP contribution in [0.3, 0.4) is 0 Å². The van der Waals surface area contributed by atoms with E-state index < -0.39 is 0 Å². The fraction of sp³-hybridized carbons (Fsp3) is 0.474. The zero-order valence-corrected chi connectivity index (χ0v) is 16.4. The first kappa shape index (κ1) is 18.3. The summed E-state index contributed by atoms with van der Waals surface area (Å²) in [5, 5.41) is 3.83. The SMILES string of the molecule is CN1CCN(c2ccc(Nc3ncc(Cl)c(N4CC[C@@H](N)C4)n3)cc2)CC1. The second-order valence-electron chi connectivity index (χ2n) is 7.32. The van der Waals surface area contributed by atoms with Crippen molar-refractivity contribution in [2.24, 2.45) is 5.73 Å². The molecule has 2 aliphatic rings. The average Bonchev–Trinajstić information content (AvgIpc) is 3.11. The number of rotatable bonds is 4. The highest BCUT2D eigenvalue weighted by molar-refractivity contribution is 6.32. The minimum Gasteiger partial charge on any atom is -0.369 e. The summed E-state index contributed by atoms with van der Waals surface area (Å²) >= 11 is 6.30. The molecule has 1 aromatic carbocycles. The summed E-state index contributed by atoms with van der Waals surface area (Å²) in [7, 11) is 2.17. The van der Waals surface area contributed by atoms with Crippen LogP contribution in [0.5, 0.6) is 0 Å². The van der Waals surface area contributed by atoms with Crippen LogP contribution >= 0.6 is 11.6 Å². The van der Waals surface area contributed by atoms with Crippen molar-refractivity contribution in [1.82, 2.24) is 14.9 Å². The van der Waals surface area contributed by atoms with Crippen molar-refractivity contribution in [2.75, 3.05) is 61.4 Å². The maximum atomic E-state index is 6.30. The Morgan fingerprint density at radius 2 is 1.81 bits per heavy atom. The Hall–Kier alpha value is -2.09. The molecule has 7 nitrogen and oxygen atoms in total. The molecular formula is C19H26ClN7. The molecule has 144 valence electrons. The van der Waals surface area contributed by atoms with Crippen molar-refractivity contribution in [3.63, 3.8) is 0 Å². The molecule has 3 heterocycles. The number of hydrogen-bond acceptors (Lipinski definition) is 7. The Bertz CT molecular complexity index is 774. The van der Waals surface area contributed by atoms with Gasteiger partial charge in [-0.05, 0) is 37.7 Å². The zero-order chi connectivity index (χ0) is 18.8. The van der Waals surface area contributed by atoms with Crippen LogP contribution in [-0.2, 0) is 0 Å². The second kappa shape index (κ2) is 7.88. The van der Waals surface area contributed by atoms with E-state index in [1.54, 1.807) is 6.20 Å². The minimum absolute atomic E-state index is 0.176. The van der Waals surface area contributed by atoms with E-state index in [-0.39, 0.29) is 6.04 Å². The van der Waals surface area contributed by atoms with Crippen molar-refractivity contribution in [3.05, 3.63) is 35.5 Å². The number of anilines is 4. The molecule has 0 unspecified atom stereocenters. The summed E-state index contributed by atoms with van der Waals surface area (Å²) in [4.78, 5) is 15.8. The number of nitrogens with one attached hydrogen (secondary N) is 1. The number of hydrogen-bond donors (Lipinski definition) is 2. The van der Waals surface area contributed by atoms with Gasteiger partial charge in [-0.2, -0.15) is 4.98 Å². The molecule has 4 rings (SSSR count). The maximum absolute atomic E-state index is 6.30. The topological polar surface area (TPSA) is 73.5 Å². The van der Waals surface area contributed by atoms with Gasteiger partial charge in [0.25, 0.3) is 0 Å². The number of piperazine rings is 1. The highest BCUT2D eigenvalue weighted by atomic mass is 35.5. The molecule has 0 spiro atoms. The van der Waals surface area contributed by atoms with E-state index in [1.165, 1.54) is 5.69 Å². The normalized spacial score (nSPS) is 20.9. The molecular weight excluding hydrogens is 362 g/mol. The molecule has 8 heteroatoms. The molecule has 2 aromatic rings. The van der Waals surface area contributed by atoms with E-state index in [1.807, 2.05) is 0 Å². The first-order valence-corrected chi connectivity index (χ1v) is 9.80. The molecule has 0 radical (unpaired) electrons. The van der Waals surface area contributed by atoms with Crippen molar-refractivity contribution in [1.29, 1.82) is 0 Å². The smallest absolute Gasteiger partial charge is 0.229 e. The Balaban J connectivity index is 1.44. The Morgan fingerprint density at radius 3 is 2.48 bits per heavy atom. The Labute approximate surface area is 165 Å². The third-order valence-corrected chi connectivity index (χ3v) is 5.51. The number of nitrogens with zero attached hydrogens (tertiary/aromatic N) is 5. The number of likely N-dealkylation sites (N-methyl/N-ethyl adjacent to an activating group) is 1. The van der Waals surface area contributed by atoms with Crippen molar-refractivity contribution in [2.45, 2.75) is 12.5 Å². The largest absolute Gasteiger partial charge is 0.369 e. The molecule has 2 fully saturated rings. The van der Waals surface area contributed by atoms with Crippen LogP contribution < -0.4 is 20.9 Å². The van der Waals surface area contributed by atoms with E-state index in [4.69, 9.17) is 17.3 Å². The lowest BCUT2D eigenvalue weighted by Gasteiger charge is -2.34. The number of benzene rings is 1. The lowest BCUT2D eigenvalue weighted by atomic mass is 10.2. The van der Waals surface area contributed by atoms with Crippen LogP contribution in [-0.4, -0.2) is 67.2 Å². The molecule has 0 bridgehead atoms. The maximum Gasteiger partial charge on any atom is 0.229 e. The van der Waals surface area contributed by atoms with Crippen LogP contribution in [0.2, 0.25) is 5.02 Å². The van der Waals surface area contributed by atoms with E-state index in [2.05, 4.69) is 61.3 Å². The molecule has 2 saturated heterocycles. The second-order valence-corrected chi connectivity index (χ2v) is 7.73. The monoisotopic (exact) mass is 387 g/mol. The molecule has 0 aliphatic carbocycles. The summed E-state index contributed by atoms with van der Waals surface area (Å²) in [5.41, 5.74) is 8.21. The van der Waals surface area contributed by atoms with Crippen molar-refractivity contribution >= 4 is 34.7 Å². The molecule has 0 amide bonds. The van der Waals surface area contributed by atoms with Crippen molar-refractivity contribution < 1.29 is 0 Å². The van der Waals surface area contributed by atoms with Gasteiger partial charge in [0.15, 0.2) is 5.82 Å². The van der Waals surface area contributed by atoms with E-state index in [9.17, 15) is 0 Å². The predicted octanol–water partition coefficient (Wildman–Crippen LogP) is 2.16. The molecule has 27 heavy (non-hydrogen) atoms. The fourth-order valence-corrected chi connectivity index (χ4v) is 3.78. The van der Waals surface area contributed by atoms with Gasteiger partial charge < -0.3 is 25.8 Å². The standard InChI is InChI=1S/C19H26ClN7/c1-25-8-10-26(11-9-25)16-4-2-15(3-5-16)23-19-22-12-17(20)18(24-19)27-7-6-14(21)13-27/h2-5,12,14H,6-11,13,21H2,1H3,(H,22,23,24)/t14-/m1/s1. The van der Waals surface area contributed by atoms with Crippen LogP contribution in [0, 0.1) is 0 Å². The summed E-state index contributed by atoms with van der Waals surface area (Å²) < 4.78 is 0. The minimum atomic E-state index is 0.176. The Morgan fingerprint density at radius 1 is 1.07 bits per heavy atom. The number of aromatic nitrogens is 2. The van der Waals surface area contributed by atoms with E-state index >= 15 is 0 Å². The van der Waals surface area contributed by atoms with Gasteiger partial charge in [0.05, 0.1) is 6.20 Å². The van der Waals surface area contributed by atoms with E-state index in [0.29, 0.717) is 11.0 Å². The van der Waals surface area contributed by atoms with Gasteiger partial charge in [0, 0.05) is 56.7 Å². The van der Waals surface area contributed by atoms with Gasteiger partial charge in [0.1, 0.15) is 5.02 Å². The van der Waals surface area contributed by atoms with Gasteiger partial charge in [-0.15, -0.1) is 0 Å². The first-order chi connectivity index (χ1) is 13.1. The summed E-state index contributed by atoms with van der Waals surface area (Å²) in [6, 6.07) is 8.59. The van der Waals surface area contributed by atoms with Gasteiger partial charge in [-0.25, -0.2) is 4.98 Å². The highest BCUT2D eigenvalue weighted by Crippen LogP contribution is 2.28. The van der Waals surface area contributed by atoms with E-state index in [0.717, 1.165) is 57.2 Å². The van der Waals surface area contributed by atoms with Gasteiger partial charge >= 0.3 is 0 Å². The molecule has 1 atom stereocenters. The summed E-state index contributed by atoms with van der Waals surface area (Å²) in [6.45, 7) is 5.96. The molecule has 0 saturated carbocycles. The third kappa shape index (κ3) is 4.26. The lowest BCUT2D eigenvalue weighted by molar-refractivity contribution is 0.313.